The van der Waals surface area contributed by atoms with Crippen molar-refractivity contribution in [3.05, 3.63) is 23.7 Å². The second-order valence-electron chi connectivity index (χ2n) is 5.94. The van der Waals surface area contributed by atoms with Crippen LogP contribution in [0.5, 0.6) is 0 Å². The summed E-state index contributed by atoms with van der Waals surface area (Å²) in [5, 5.41) is 9.23. The second kappa shape index (κ2) is 7.79. The average Bonchev–Trinajstić information content (AvgIpc) is 3.08. The fraction of sp³-hybridized carbons (Fsp3) is 0.706. The van der Waals surface area contributed by atoms with E-state index in [0.29, 0.717) is 19.6 Å². The van der Waals surface area contributed by atoms with E-state index >= 15 is 0 Å². The number of aliphatic carboxylic acids is 1. The zero-order valence-corrected chi connectivity index (χ0v) is 13.5. The molecule has 0 amide bonds. The number of furan rings is 1. The van der Waals surface area contributed by atoms with Gasteiger partial charge in [-0.3, -0.25) is 0 Å². The molecule has 0 saturated carbocycles. The van der Waals surface area contributed by atoms with Crippen molar-refractivity contribution in [2.45, 2.75) is 70.7 Å². The van der Waals surface area contributed by atoms with E-state index in [-0.39, 0.29) is 6.10 Å². The number of carboxylic acids is 1. The van der Waals surface area contributed by atoms with Gasteiger partial charge in [0.1, 0.15) is 18.1 Å². The molecule has 0 spiro atoms. The smallest absolute Gasteiger partial charge is 0.338 e. The first-order chi connectivity index (χ1) is 10.6. The summed E-state index contributed by atoms with van der Waals surface area (Å²) in [4.78, 5) is 11.2. The van der Waals surface area contributed by atoms with Crippen LogP contribution in [0.25, 0.3) is 0 Å². The lowest BCUT2D eigenvalue weighted by molar-refractivity contribution is -0.143. The molecule has 1 aromatic rings. The van der Waals surface area contributed by atoms with Crippen LogP contribution in [-0.2, 0) is 20.9 Å². The van der Waals surface area contributed by atoms with Crippen LogP contribution in [0.1, 0.15) is 57.0 Å². The quantitative estimate of drug-likeness (QED) is 0.498. The molecule has 1 aliphatic rings. The molecule has 22 heavy (non-hydrogen) atoms. The van der Waals surface area contributed by atoms with Gasteiger partial charge >= 0.3 is 5.97 Å². The van der Waals surface area contributed by atoms with Crippen molar-refractivity contribution in [3.8, 4) is 0 Å². The Morgan fingerprint density at radius 2 is 2.09 bits per heavy atom. The summed E-state index contributed by atoms with van der Waals surface area (Å²) in [7, 11) is 0. The van der Waals surface area contributed by atoms with Crippen LogP contribution in [0.15, 0.2) is 16.5 Å². The molecule has 1 aliphatic heterocycles. The fourth-order valence-electron chi connectivity index (χ4n) is 2.83. The number of ether oxygens (including phenoxy) is 2. The molecule has 2 heterocycles. The predicted octanol–water partition coefficient (Wildman–Crippen LogP) is 3.69. The van der Waals surface area contributed by atoms with E-state index in [2.05, 4.69) is 0 Å². The van der Waals surface area contributed by atoms with E-state index in [9.17, 15) is 9.90 Å². The fourth-order valence-corrected chi connectivity index (χ4v) is 2.83. The van der Waals surface area contributed by atoms with Gasteiger partial charge in [-0.25, -0.2) is 4.79 Å². The molecule has 0 radical (unpaired) electrons. The molecule has 0 bridgehead atoms. The number of carbonyl (C=O) groups is 1. The van der Waals surface area contributed by atoms with E-state index < -0.39 is 11.6 Å². The van der Waals surface area contributed by atoms with E-state index in [1.165, 1.54) is 0 Å². The highest BCUT2D eigenvalue weighted by Crippen LogP contribution is 2.43. The van der Waals surface area contributed by atoms with Crippen LogP contribution in [0.4, 0.5) is 0 Å². The maximum absolute atomic E-state index is 11.2. The molecule has 2 atom stereocenters. The Bertz CT molecular complexity index is 481. The van der Waals surface area contributed by atoms with Crippen molar-refractivity contribution < 1.29 is 23.8 Å². The lowest BCUT2D eigenvalue weighted by Gasteiger charge is -2.07. The van der Waals surface area contributed by atoms with Gasteiger partial charge in [0.2, 0.25) is 0 Å². The number of hydrogen-bond acceptors (Lipinski definition) is 4. The molecule has 0 aromatic carbocycles. The number of aryl methyl sites for hydroxylation is 1. The molecular weight excluding hydrogens is 284 g/mol. The standard InChI is InChI=1S/C17H26O5/c1-3-15-17(22-15,16(18)19)10-6-4-5-7-11-20-12-14-9-8-13(2)21-14/h8-9,15H,3-7,10-12H2,1-2H3,(H,18,19). The molecule has 124 valence electrons. The summed E-state index contributed by atoms with van der Waals surface area (Å²) >= 11 is 0. The van der Waals surface area contributed by atoms with E-state index in [1.807, 2.05) is 26.0 Å². The van der Waals surface area contributed by atoms with Crippen molar-refractivity contribution in [1.82, 2.24) is 0 Å². The minimum atomic E-state index is -0.887. The number of carboxylic acid groups (broad SMARTS) is 1. The summed E-state index contributed by atoms with van der Waals surface area (Å²) in [5.74, 6) is 0.951. The van der Waals surface area contributed by atoms with Crippen molar-refractivity contribution in [2.75, 3.05) is 6.61 Å². The van der Waals surface area contributed by atoms with Crippen LogP contribution in [0, 0.1) is 6.92 Å². The molecular formula is C17H26O5. The minimum Gasteiger partial charge on any atom is -0.479 e. The third-order valence-corrected chi connectivity index (χ3v) is 4.18. The molecule has 2 unspecified atom stereocenters. The zero-order chi connectivity index (χ0) is 16.0. The third-order valence-electron chi connectivity index (χ3n) is 4.18. The highest BCUT2D eigenvalue weighted by atomic mass is 16.6. The molecule has 1 N–H and O–H groups in total. The molecule has 1 fully saturated rings. The topological polar surface area (TPSA) is 72.2 Å². The number of rotatable bonds is 11. The first-order valence-corrected chi connectivity index (χ1v) is 8.12. The maximum Gasteiger partial charge on any atom is 0.338 e. The van der Waals surface area contributed by atoms with Crippen molar-refractivity contribution in [2.24, 2.45) is 0 Å². The molecule has 2 rings (SSSR count). The lowest BCUT2D eigenvalue weighted by Crippen LogP contribution is -2.26. The molecule has 1 saturated heterocycles. The number of epoxide rings is 1. The summed E-state index contributed by atoms with van der Waals surface area (Å²) < 4.78 is 16.4. The van der Waals surface area contributed by atoms with Gasteiger partial charge < -0.3 is 19.0 Å². The van der Waals surface area contributed by atoms with Gasteiger partial charge in [-0.1, -0.05) is 19.8 Å². The van der Waals surface area contributed by atoms with Crippen molar-refractivity contribution >= 4 is 5.97 Å². The van der Waals surface area contributed by atoms with Crippen LogP contribution in [-0.4, -0.2) is 29.4 Å². The van der Waals surface area contributed by atoms with Crippen LogP contribution < -0.4 is 0 Å². The first-order valence-electron chi connectivity index (χ1n) is 8.12. The van der Waals surface area contributed by atoms with Gasteiger partial charge in [-0.2, -0.15) is 0 Å². The van der Waals surface area contributed by atoms with Gasteiger partial charge in [-0.15, -0.1) is 0 Å². The normalized spacial score (nSPS) is 23.6. The highest BCUT2D eigenvalue weighted by Gasteiger charge is 2.61. The largest absolute Gasteiger partial charge is 0.479 e. The second-order valence-corrected chi connectivity index (χ2v) is 5.94. The summed E-state index contributed by atoms with van der Waals surface area (Å²) in [6, 6.07) is 3.86. The van der Waals surface area contributed by atoms with Crippen LogP contribution in [0.2, 0.25) is 0 Å². The molecule has 5 nitrogen and oxygen atoms in total. The predicted molar refractivity (Wildman–Crippen MR) is 81.7 cm³/mol. The number of hydrogen-bond donors (Lipinski definition) is 1. The highest BCUT2D eigenvalue weighted by molar-refractivity contribution is 5.81. The summed E-state index contributed by atoms with van der Waals surface area (Å²) in [6.07, 6.45) is 5.23. The first kappa shape index (κ1) is 17.0. The summed E-state index contributed by atoms with van der Waals surface area (Å²) in [5.41, 5.74) is -0.887. The maximum atomic E-state index is 11.2. The zero-order valence-electron chi connectivity index (χ0n) is 13.5. The van der Waals surface area contributed by atoms with Crippen LogP contribution in [0.3, 0.4) is 0 Å². The van der Waals surface area contributed by atoms with Gasteiger partial charge in [0.15, 0.2) is 5.60 Å². The Balaban J connectivity index is 1.49. The Hall–Kier alpha value is -1.33. The van der Waals surface area contributed by atoms with Crippen molar-refractivity contribution in [1.29, 1.82) is 0 Å². The van der Waals surface area contributed by atoms with Crippen molar-refractivity contribution in [3.63, 3.8) is 0 Å². The Kier molecular flexibility index (Phi) is 6.03. The molecule has 5 heteroatoms. The van der Waals surface area contributed by atoms with E-state index in [0.717, 1.165) is 43.6 Å². The SMILES string of the molecule is CCC1OC1(CCCCCCOCc1ccc(C)o1)C(=O)O. The number of unbranched alkanes of at least 4 members (excludes halogenated alkanes) is 3. The van der Waals surface area contributed by atoms with E-state index in [1.54, 1.807) is 0 Å². The summed E-state index contributed by atoms with van der Waals surface area (Å²) in [6.45, 7) is 5.10. The van der Waals surface area contributed by atoms with Gasteiger partial charge in [0, 0.05) is 6.61 Å². The lowest BCUT2D eigenvalue weighted by atomic mass is 9.96. The Labute approximate surface area is 131 Å². The third kappa shape index (κ3) is 4.34. The molecule has 1 aromatic heterocycles. The molecule has 0 aliphatic carbocycles. The van der Waals surface area contributed by atoms with Gasteiger partial charge in [-0.05, 0) is 44.7 Å². The Morgan fingerprint density at radius 1 is 1.32 bits per heavy atom. The van der Waals surface area contributed by atoms with Gasteiger partial charge in [0.05, 0.1) is 6.10 Å². The van der Waals surface area contributed by atoms with E-state index in [4.69, 9.17) is 13.9 Å². The average molecular weight is 310 g/mol. The monoisotopic (exact) mass is 310 g/mol. The Morgan fingerprint density at radius 3 is 2.68 bits per heavy atom. The minimum absolute atomic E-state index is 0.0925. The van der Waals surface area contributed by atoms with Gasteiger partial charge in [0.25, 0.3) is 0 Å². The van der Waals surface area contributed by atoms with Crippen LogP contribution >= 0.6 is 0 Å².